The molecule has 0 amide bonds. The average Bonchev–Trinajstić information content (AvgIpc) is 3.30. The summed E-state index contributed by atoms with van der Waals surface area (Å²) in [6.07, 6.45) is 0. The highest BCUT2D eigenvalue weighted by molar-refractivity contribution is 14.1. The van der Waals surface area contributed by atoms with E-state index in [1.165, 1.54) is 18.2 Å². The summed E-state index contributed by atoms with van der Waals surface area (Å²) < 4.78 is 9.08. The number of fused-ring (bicyclic) bond motifs is 2. The molecule has 34 heavy (non-hydrogen) atoms. The zero-order chi connectivity index (χ0) is 25.0. The molecule has 0 atom stereocenters. The summed E-state index contributed by atoms with van der Waals surface area (Å²) in [5.74, 6) is 0. The summed E-state index contributed by atoms with van der Waals surface area (Å²) in [6.45, 7) is 7.91. The Hall–Kier alpha value is -2.18. The molecule has 0 bridgehead atoms. The van der Waals surface area contributed by atoms with Crippen LogP contribution in [0.15, 0.2) is 36.4 Å². The highest BCUT2D eigenvalue weighted by atomic mass is 127. The zero-order valence-electron chi connectivity index (χ0n) is 18.6. The molecule has 4 rings (SSSR count). The van der Waals surface area contributed by atoms with Gasteiger partial charge in [0.05, 0.1) is 15.4 Å². The second kappa shape index (κ2) is 11.0. The molecule has 0 radical (unpaired) electrons. The Morgan fingerprint density at radius 3 is 2.26 bits per heavy atom. The van der Waals surface area contributed by atoms with Gasteiger partial charge in [-0.15, -0.1) is 0 Å². The van der Waals surface area contributed by atoms with Gasteiger partial charge in [0.1, 0.15) is 19.6 Å². The Kier molecular flexibility index (Phi) is 8.58. The van der Waals surface area contributed by atoms with Gasteiger partial charge in [-0.2, -0.15) is 10.2 Å². The van der Waals surface area contributed by atoms with E-state index in [1.54, 1.807) is 22.9 Å². The number of nitrogens with one attached hydrogen (secondary N) is 1. The summed E-state index contributed by atoms with van der Waals surface area (Å²) in [5.41, 5.74) is 1.50. The monoisotopic (exact) mass is 708 g/mol. The van der Waals surface area contributed by atoms with E-state index < -0.39 is 17.9 Å². The number of halogens is 2. The molecular weight excluding hydrogens is 686 g/mol. The van der Waals surface area contributed by atoms with Crippen molar-refractivity contribution >= 4 is 86.4 Å². The molecule has 0 fully saturated rings. The van der Waals surface area contributed by atoms with Crippen LogP contribution in [0.3, 0.4) is 0 Å². The largest absolute Gasteiger partial charge is 0.360 e. The Bertz CT molecular complexity index is 1350. The van der Waals surface area contributed by atoms with Crippen molar-refractivity contribution in [2.75, 3.05) is 6.61 Å². The van der Waals surface area contributed by atoms with Crippen LogP contribution in [0.25, 0.3) is 21.8 Å². The number of non-ortho nitro benzene ring substituents is 2. The molecule has 1 N–H and O–H groups in total. The van der Waals surface area contributed by atoms with Gasteiger partial charge in [-0.1, -0.05) is 19.6 Å². The summed E-state index contributed by atoms with van der Waals surface area (Å²) in [7, 11) is -1.11. The minimum Gasteiger partial charge on any atom is -0.360 e. The third-order valence-corrected chi connectivity index (χ3v) is 8.14. The second-order valence-electron chi connectivity index (χ2n) is 8.59. The van der Waals surface area contributed by atoms with Gasteiger partial charge in [0.2, 0.25) is 0 Å². The Morgan fingerprint density at radius 2 is 1.65 bits per heavy atom. The average molecular weight is 708 g/mol. The van der Waals surface area contributed by atoms with Gasteiger partial charge in [0.25, 0.3) is 11.4 Å². The minimum absolute atomic E-state index is 0.0652. The molecule has 0 saturated heterocycles. The zero-order valence-corrected chi connectivity index (χ0v) is 23.9. The van der Waals surface area contributed by atoms with Gasteiger partial charge in [0.15, 0.2) is 0 Å². The minimum atomic E-state index is -1.11. The summed E-state index contributed by atoms with van der Waals surface area (Å²) in [6, 6.07) is 10.5. The standard InChI is InChI=1S/C13H18IN3O3Si.C7H4IN3O2/c1-21(2,3)7-6-20-9-16-12-8-10(17(18)19)4-5-11(12)13(14)15-16;8-7-5-2-1-4(11(12)13)3-6(5)9-10-7/h4-5,8H,6-7,9H2,1-3H3;1-3H,(H,9,10). The lowest BCUT2D eigenvalue weighted by Crippen LogP contribution is -2.22. The fourth-order valence-electron chi connectivity index (χ4n) is 2.94. The van der Waals surface area contributed by atoms with Crippen LogP contribution in [-0.4, -0.2) is 44.5 Å². The lowest BCUT2D eigenvalue weighted by Gasteiger charge is -2.15. The number of benzene rings is 2. The number of nitro benzene ring substituents is 2. The van der Waals surface area contributed by atoms with Gasteiger partial charge < -0.3 is 4.74 Å². The van der Waals surface area contributed by atoms with Crippen LogP contribution >= 0.6 is 45.2 Å². The van der Waals surface area contributed by atoms with Crippen LogP contribution < -0.4 is 0 Å². The predicted octanol–water partition coefficient (Wildman–Crippen LogP) is 5.94. The number of hydrogen-bond donors (Lipinski definition) is 1. The molecule has 0 unspecified atom stereocenters. The molecule has 2 aromatic heterocycles. The molecule has 11 nitrogen and oxygen atoms in total. The van der Waals surface area contributed by atoms with Crippen LogP contribution in [0.5, 0.6) is 0 Å². The quantitative estimate of drug-likeness (QED) is 0.0824. The molecule has 0 aliphatic rings. The molecule has 4 aromatic rings. The number of aromatic nitrogens is 4. The van der Waals surface area contributed by atoms with Crippen molar-refractivity contribution in [3.05, 3.63) is 64.0 Å². The summed E-state index contributed by atoms with van der Waals surface area (Å²) >= 11 is 4.23. The first kappa shape index (κ1) is 26.4. The highest BCUT2D eigenvalue weighted by Gasteiger charge is 2.15. The van der Waals surface area contributed by atoms with Crippen molar-refractivity contribution in [2.45, 2.75) is 32.4 Å². The van der Waals surface area contributed by atoms with Gasteiger partial charge in [0, 0.05) is 49.7 Å². The number of aromatic amines is 1. The fourth-order valence-corrected chi connectivity index (χ4v) is 4.99. The Morgan fingerprint density at radius 1 is 1.03 bits per heavy atom. The van der Waals surface area contributed by atoms with Crippen molar-refractivity contribution in [2.24, 2.45) is 0 Å². The van der Waals surface area contributed by atoms with Crippen LogP contribution in [0, 0.1) is 27.6 Å². The molecule has 0 spiro atoms. The van der Waals surface area contributed by atoms with E-state index in [0.717, 1.165) is 29.7 Å². The molecule has 0 aliphatic carbocycles. The lowest BCUT2D eigenvalue weighted by molar-refractivity contribution is -0.384. The topological polar surface area (TPSA) is 142 Å². The molecule has 2 heterocycles. The van der Waals surface area contributed by atoms with Crippen molar-refractivity contribution in [3.63, 3.8) is 0 Å². The number of nitrogens with zero attached hydrogens (tertiary/aromatic N) is 5. The number of hydrogen-bond acceptors (Lipinski definition) is 7. The lowest BCUT2D eigenvalue weighted by atomic mass is 10.2. The van der Waals surface area contributed by atoms with E-state index in [1.807, 2.05) is 0 Å². The van der Waals surface area contributed by atoms with E-state index >= 15 is 0 Å². The number of ether oxygens (including phenoxy) is 1. The maximum absolute atomic E-state index is 10.9. The van der Waals surface area contributed by atoms with Crippen LogP contribution in [0.2, 0.25) is 25.7 Å². The number of rotatable bonds is 7. The third-order valence-electron chi connectivity index (χ3n) is 4.81. The summed E-state index contributed by atoms with van der Waals surface area (Å²) in [4.78, 5) is 20.5. The molecular formula is C20H22I2N6O5Si. The first-order valence-electron chi connectivity index (χ1n) is 10.1. The van der Waals surface area contributed by atoms with Crippen LogP contribution in [0.1, 0.15) is 0 Å². The first-order chi connectivity index (χ1) is 16.0. The molecule has 2 aromatic carbocycles. The third kappa shape index (κ3) is 6.69. The fraction of sp³-hybridized carbons (Fsp3) is 0.300. The molecule has 14 heteroatoms. The van der Waals surface area contributed by atoms with E-state index in [9.17, 15) is 20.2 Å². The Labute approximate surface area is 222 Å². The number of H-pyrrole nitrogens is 1. The predicted molar refractivity (Wildman–Crippen MR) is 149 cm³/mol. The smallest absolute Gasteiger partial charge is 0.271 e. The maximum atomic E-state index is 10.9. The van der Waals surface area contributed by atoms with E-state index in [0.29, 0.717) is 18.9 Å². The molecule has 0 aliphatic heterocycles. The maximum Gasteiger partial charge on any atom is 0.271 e. The van der Waals surface area contributed by atoms with Crippen molar-refractivity contribution in [1.82, 2.24) is 20.0 Å². The van der Waals surface area contributed by atoms with E-state index in [-0.39, 0.29) is 11.4 Å². The van der Waals surface area contributed by atoms with E-state index in [2.05, 4.69) is 80.1 Å². The summed E-state index contributed by atoms with van der Waals surface area (Å²) in [5, 5.41) is 34.2. The second-order valence-corrected chi connectivity index (χ2v) is 16.3. The van der Waals surface area contributed by atoms with Crippen LogP contribution in [0.4, 0.5) is 11.4 Å². The van der Waals surface area contributed by atoms with Crippen molar-refractivity contribution < 1.29 is 14.6 Å². The molecule has 0 saturated carbocycles. The van der Waals surface area contributed by atoms with Gasteiger partial charge >= 0.3 is 0 Å². The van der Waals surface area contributed by atoms with E-state index in [4.69, 9.17) is 4.74 Å². The molecule has 180 valence electrons. The first-order valence-corrected chi connectivity index (χ1v) is 16.0. The van der Waals surface area contributed by atoms with Crippen molar-refractivity contribution in [3.8, 4) is 0 Å². The normalized spacial score (nSPS) is 11.4. The highest BCUT2D eigenvalue weighted by Crippen LogP contribution is 2.25. The SMILES string of the molecule is C[Si](C)(C)CCOCn1nc(I)c2ccc([N+](=O)[O-])cc21.O=[N+]([O-])c1ccc2c(I)[nH]nc2c1. The Balaban J connectivity index is 0.000000212. The van der Waals surface area contributed by atoms with Crippen LogP contribution in [-0.2, 0) is 11.5 Å². The van der Waals surface area contributed by atoms with Crippen molar-refractivity contribution in [1.29, 1.82) is 0 Å². The van der Waals surface area contributed by atoms with Gasteiger partial charge in [-0.3, -0.25) is 25.3 Å². The number of nitro groups is 2. The van der Waals surface area contributed by atoms with Gasteiger partial charge in [-0.05, 0) is 63.4 Å². The van der Waals surface area contributed by atoms with Gasteiger partial charge in [-0.25, -0.2) is 4.68 Å².